The number of hydrogen-bond donors (Lipinski definition) is 0. The van der Waals surface area contributed by atoms with Crippen molar-refractivity contribution in [3.05, 3.63) is 103 Å². The van der Waals surface area contributed by atoms with Gasteiger partial charge in [0.25, 0.3) is 0 Å². The van der Waals surface area contributed by atoms with Crippen molar-refractivity contribution in [3.63, 3.8) is 0 Å². The molecule has 2 atom stereocenters. The molecule has 128 valence electrons. The van der Waals surface area contributed by atoms with Crippen molar-refractivity contribution in [2.75, 3.05) is 0 Å². The molecule has 0 saturated heterocycles. The average molecular weight is 336 g/mol. The second kappa shape index (κ2) is 7.17. The number of hydrogen-bond acceptors (Lipinski definition) is 0. The molecule has 0 heterocycles. The van der Waals surface area contributed by atoms with Crippen molar-refractivity contribution in [2.24, 2.45) is 11.8 Å². The highest BCUT2D eigenvalue weighted by Gasteiger charge is 2.13. The van der Waals surface area contributed by atoms with E-state index in [0.717, 1.165) is 0 Å². The molecule has 3 aromatic carbocycles. The Bertz CT molecular complexity index is 943. The second-order valence-corrected chi connectivity index (χ2v) is 7.22. The van der Waals surface area contributed by atoms with Crippen LogP contribution in [0, 0.1) is 11.8 Å². The minimum absolute atomic E-state index is 0.587. The maximum Gasteiger partial charge on any atom is -0.0178 e. The van der Waals surface area contributed by atoms with Crippen molar-refractivity contribution in [3.8, 4) is 22.3 Å². The van der Waals surface area contributed by atoms with Crippen LogP contribution in [0.25, 0.3) is 27.8 Å². The first-order chi connectivity index (χ1) is 12.7. The predicted octanol–water partition coefficient (Wildman–Crippen LogP) is 7.25. The van der Waals surface area contributed by atoms with Crippen LogP contribution in [-0.2, 0) is 0 Å². The Morgan fingerprint density at radius 1 is 0.538 bits per heavy atom. The first-order valence-corrected chi connectivity index (χ1v) is 9.37. The van der Waals surface area contributed by atoms with E-state index >= 15 is 0 Å². The molecular formula is C26H24. The zero-order valence-corrected chi connectivity index (χ0v) is 15.4. The van der Waals surface area contributed by atoms with Gasteiger partial charge in [-0.05, 0) is 51.3 Å². The zero-order chi connectivity index (χ0) is 17.9. The Morgan fingerprint density at radius 2 is 1.12 bits per heavy atom. The van der Waals surface area contributed by atoms with Crippen molar-refractivity contribution in [2.45, 2.75) is 13.8 Å². The molecule has 1 aliphatic carbocycles. The van der Waals surface area contributed by atoms with Gasteiger partial charge in [-0.15, -0.1) is 0 Å². The van der Waals surface area contributed by atoms with Crippen LogP contribution in [0.1, 0.15) is 19.4 Å². The smallest absolute Gasteiger partial charge is 0.0178 e. The monoisotopic (exact) mass is 336 g/mol. The van der Waals surface area contributed by atoms with E-state index in [4.69, 9.17) is 0 Å². The summed E-state index contributed by atoms with van der Waals surface area (Å²) in [5.41, 5.74) is 7.67. The first kappa shape index (κ1) is 16.6. The summed E-state index contributed by atoms with van der Waals surface area (Å²) in [7, 11) is 0. The molecule has 2 unspecified atom stereocenters. The molecule has 0 aliphatic heterocycles. The molecule has 26 heavy (non-hydrogen) atoms. The molecule has 0 N–H and O–H groups in total. The summed E-state index contributed by atoms with van der Waals surface area (Å²) >= 11 is 0. The van der Waals surface area contributed by atoms with Gasteiger partial charge >= 0.3 is 0 Å². The summed E-state index contributed by atoms with van der Waals surface area (Å²) in [6.07, 6.45) is 6.98. The quantitative estimate of drug-likeness (QED) is 0.472. The molecule has 3 aromatic rings. The SMILES string of the molecule is CC1C=CC(c2cccc(-c3ccc(-c4ccccc4)cc3)c2)=CC1C. The van der Waals surface area contributed by atoms with Crippen LogP contribution >= 0.6 is 0 Å². The van der Waals surface area contributed by atoms with Gasteiger partial charge in [0.15, 0.2) is 0 Å². The lowest BCUT2D eigenvalue weighted by atomic mass is 9.86. The fraction of sp³-hybridized carbons (Fsp3) is 0.154. The number of rotatable bonds is 3. The molecule has 0 bridgehead atoms. The van der Waals surface area contributed by atoms with Gasteiger partial charge in [0.1, 0.15) is 0 Å². The van der Waals surface area contributed by atoms with Gasteiger partial charge in [-0.1, -0.05) is 105 Å². The van der Waals surface area contributed by atoms with Crippen LogP contribution in [0.3, 0.4) is 0 Å². The third-order valence-corrected chi connectivity index (χ3v) is 5.37. The zero-order valence-electron chi connectivity index (χ0n) is 15.4. The number of allylic oxidation sites excluding steroid dienone is 4. The van der Waals surface area contributed by atoms with Crippen LogP contribution in [0.5, 0.6) is 0 Å². The molecule has 1 aliphatic rings. The van der Waals surface area contributed by atoms with Crippen molar-refractivity contribution in [1.82, 2.24) is 0 Å². The molecule has 0 aromatic heterocycles. The minimum Gasteiger partial charge on any atom is -0.0805 e. The molecule has 0 saturated carbocycles. The summed E-state index contributed by atoms with van der Waals surface area (Å²) in [5.74, 6) is 1.20. The topological polar surface area (TPSA) is 0 Å². The van der Waals surface area contributed by atoms with Gasteiger partial charge in [-0.25, -0.2) is 0 Å². The highest BCUT2D eigenvalue weighted by atomic mass is 14.2. The molecule has 0 amide bonds. The van der Waals surface area contributed by atoms with E-state index in [2.05, 4.69) is 111 Å². The van der Waals surface area contributed by atoms with E-state index in [-0.39, 0.29) is 0 Å². The van der Waals surface area contributed by atoms with Gasteiger partial charge in [0.05, 0.1) is 0 Å². The van der Waals surface area contributed by atoms with E-state index in [9.17, 15) is 0 Å². The van der Waals surface area contributed by atoms with Crippen LogP contribution < -0.4 is 0 Å². The van der Waals surface area contributed by atoms with Crippen LogP contribution in [0.15, 0.2) is 97.1 Å². The van der Waals surface area contributed by atoms with Crippen molar-refractivity contribution >= 4 is 5.57 Å². The van der Waals surface area contributed by atoms with Gasteiger partial charge in [0, 0.05) is 0 Å². The molecule has 4 rings (SSSR count). The van der Waals surface area contributed by atoms with Crippen molar-refractivity contribution < 1.29 is 0 Å². The predicted molar refractivity (Wildman–Crippen MR) is 113 cm³/mol. The maximum absolute atomic E-state index is 2.39. The highest BCUT2D eigenvalue weighted by molar-refractivity contribution is 5.79. The largest absolute Gasteiger partial charge is 0.0805 e. The first-order valence-electron chi connectivity index (χ1n) is 9.37. The Morgan fingerprint density at radius 3 is 1.81 bits per heavy atom. The molecule has 0 nitrogen and oxygen atoms in total. The van der Waals surface area contributed by atoms with Crippen LogP contribution in [0.4, 0.5) is 0 Å². The van der Waals surface area contributed by atoms with Crippen LogP contribution in [0.2, 0.25) is 0 Å². The third kappa shape index (κ3) is 3.41. The fourth-order valence-electron chi connectivity index (χ4n) is 3.48. The Hall–Kier alpha value is -2.86. The molecule has 0 spiro atoms. The lowest BCUT2D eigenvalue weighted by Crippen LogP contribution is -2.06. The van der Waals surface area contributed by atoms with E-state index in [1.807, 2.05) is 0 Å². The van der Waals surface area contributed by atoms with E-state index < -0.39 is 0 Å². The average Bonchev–Trinajstić information content (AvgIpc) is 2.71. The van der Waals surface area contributed by atoms with Gasteiger partial charge in [-0.2, -0.15) is 0 Å². The van der Waals surface area contributed by atoms with Gasteiger partial charge in [0.2, 0.25) is 0 Å². The molecule has 0 heteroatoms. The maximum atomic E-state index is 2.39. The normalized spacial score (nSPS) is 19.2. The highest BCUT2D eigenvalue weighted by Crippen LogP contribution is 2.31. The van der Waals surface area contributed by atoms with E-state index in [1.165, 1.54) is 33.4 Å². The van der Waals surface area contributed by atoms with Gasteiger partial charge in [-0.3, -0.25) is 0 Å². The second-order valence-electron chi connectivity index (χ2n) is 7.22. The standard InChI is InChI=1S/C26H24/c1-19-11-12-26(17-20(19)2)25-10-6-9-24(18-25)23-15-13-22(14-16-23)21-7-4-3-5-8-21/h3-20H,1-2H3. The number of benzene rings is 3. The Kier molecular flexibility index (Phi) is 4.58. The minimum atomic E-state index is 0.587. The lowest BCUT2D eigenvalue weighted by Gasteiger charge is -2.19. The van der Waals surface area contributed by atoms with Gasteiger partial charge < -0.3 is 0 Å². The lowest BCUT2D eigenvalue weighted by molar-refractivity contribution is 0.554. The fourth-order valence-corrected chi connectivity index (χ4v) is 3.48. The van der Waals surface area contributed by atoms with E-state index in [1.54, 1.807) is 0 Å². The van der Waals surface area contributed by atoms with Crippen molar-refractivity contribution in [1.29, 1.82) is 0 Å². The summed E-state index contributed by atoms with van der Waals surface area (Å²) in [6.45, 7) is 4.57. The third-order valence-electron chi connectivity index (χ3n) is 5.37. The Balaban J connectivity index is 1.63. The summed E-state index contributed by atoms with van der Waals surface area (Å²) in [5, 5.41) is 0. The Labute approximate surface area is 156 Å². The molecule has 0 fully saturated rings. The van der Waals surface area contributed by atoms with Crippen LogP contribution in [-0.4, -0.2) is 0 Å². The molecular weight excluding hydrogens is 312 g/mol. The summed E-state index contributed by atoms with van der Waals surface area (Å²) in [6, 6.07) is 28.2. The summed E-state index contributed by atoms with van der Waals surface area (Å²) < 4.78 is 0. The van der Waals surface area contributed by atoms with E-state index in [0.29, 0.717) is 11.8 Å². The molecule has 0 radical (unpaired) electrons. The summed E-state index contributed by atoms with van der Waals surface area (Å²) in [4.78, 5) is 0.